The Hall–Kier alpha value is -1.30. The van der Waals surface area contributed by atoms with Crippen molar-refractivity contribution in [1.29, 1.82) is 0 Å². The topological polar surface area (TPSA) is 83.6 Å². The Morgan fingerprint density at radius 1 is 1.44 bits per heavy atom. The second-order valence-corrected chi connectivity index (χ2v) is 3.49. The molecule has 0 bridgehead atoms. The zero-order chi connectivity index (χ0) is 12.1. The summed E-state index contributed by atoms with van der Waals surface area (Å²) in [6.07, 6.45) is -1.80. The lowest BCUT2D eigenvalue weighted by molar-refractivity contribution is 0.0129. The average molecular weight is 227 g/mol. The summed E-state index contributed by atoms with van der Waals surface area (Å²) in [6.45, 7) is 0.188. The van der Waals surface area contributed by atoms with Crippen LogP contribution in [0.4, 0.5) is 4.39 Å². The van der Waals surface area contributed by atoms with Crippen LogP contribution in [0.15, 0.2) is 18.2 Å². The van der Waals surface area contributed by atoms with Crippen molar-refractivity contribution in [3.63, 3.8) is 0 Å². The van der Waals surface area contributed by atoms with Gasteiger partial charge in [0.05, 0.1) is 6.10 Å². The van der Waals surface area contributed by atoms with Gasteiger partial charge in [-0.05, 0) is 31.2 Å². The van der Waals surface area contributed by atoms with Crippen LogP contribution in [0, 0.1) is 5.82 Å². The van der Waals surface area contributed by atoms with E-state index in [1.807, 2.05) is 0 Å². The van der Waals surface area contributed by atoms with Gasteiger partial charge in [0.1, 0.15) is 18.2 Å². The molecule has 88 valence electrons. The van der Waals surface area contributed by atoms with Gasteiger partial charge in [0.2, 0.25) is 0 Å². The predicted molar refractivity (Wildman–Crippen MR) is 56.4 cm³/mol. The quantitative estimate of drug-likeness (QED) is 0.635. The highest BCUT2D eigenvalue weighted by Gasteiger charge is 2.21. The normalized spacial score (nSPS) is 14.5. The molecule has 0 amide bonds. The Balaban J connectivity index is 2.97. The van der Waals surface area contributed by atoms with Gasteiger partial charge < -0.3 is 15.9 Å². The fourth-order valence-corrected chi connectivity index (χ4v) is 1.40. The lowest BCUT2D eigenvalue weighted by atomic mass is 10.00. The number of aldehydes is 1. The van der Waals surface area contributed by atoms with Gasteiger partial charge in [0, 0.05) is 11.1 Å². The summed E-state index contributed by atoms with van der Waals surface area (Å²) in [7, 11) is 0. The lowest BCUT2D eigenvalue weighted by Gasteiger charge is -2.18. The van der Waals surface area contributed by atoms with Crippen molar-refractivity contribution in [2.24, 2.45) is 5.73 Å². The van der Waals surface area contributed by atoms with Crippen LogP contribution in [0.25, 0.3) is 0 Å². The van der Waals surface area contributed by atoms with E-state index >= 15 is 0 Å². The Morgan fingerprint density at radius 2 is 2.12 bits per heavy atom. The van der Waals surface area contributed by atoms with E-state index in [4.69, 9.17) is 5.73 Å². The number of carbonyl (C=O) groups excluding carboxylic acids is 1. The molecule has 0 aliphatic heterocycles. The first-order chi connectivity index (χ1) is 7.60. The highest BCUT2D eigenvalue weighted by Crippen LogP contribution is 2.22. The van der Waals surface area contributed by atoms with Crippen LogP contribution >= 0.6 is 0 Å². The summed E-state index contributed by atoms with van der Waals surface area (Å²) >= 11 is 0. The highest BCUT2D eigenvalue weighted by atomic mass is 19.1. The first-order valence-corrected chi connectivity index (χ1v) is 4.91. The maximum Gasteiger partial charge on any atom is 0.150 e. The number of hydrogen-bond donors (Lipinski definition) is 3. The molecule has 2 atom stereocenters. The minimum atomic E-state index is -1.37. The van der Waals surface area contributed by atoms with Gasteiger partial charge in [0.25, 0.3) is 0 Å². The van der Waals surface area contributed by atoms with E-state index in [2.05, 4.69) is 0 Å². The maximum absolute atomic E-state index is 13.3. The molecule has 4 N–H and O–H groups in total. The summed E-state index contributed by atoms with van der Waals surface area (Å²) < 4.78 is 13.3. The van der Waals surface area contributed by atoms with E-state index < -0.39 is 18.0 Å². The molecule has 16 heavy (non-hydrogen) atoms. The fraction of sp³-hybridized carbons (Fsp3) is 0.364. The van der Waals surface area contributed by atoms with Crippen molar-refractivity contribution in [3.8, 4) is 0 Å². The molecule has 2 unspecified atom stereocenters. The summed E-state index contributed by atoms with van der Waals surface area (Å²) in [4.78, 5) is 10.5. The largest absolute Gasteiger partial charge is 0.390 e. The SMILES string of the molecule is NCCC(O)C(O)c1cc(C=O)ccc1F. The first-order valence-electron chi connectivity index (χ1n) is 4.91. The number of halogens is 1. The molecule has 0 radical (unpaired) electrons. The first kappa shape index (κ1) is 12.8. The number of aliphatic hydroxyl groups is 2. The number of carbonyl (C=O) groups is 1. The Bertz CT molecular complexity index is 370. The lowest BCUT2D eigenvalue weighted by Crippen LogP contribution is -2.22. The van der Waals surface area contributed by atoms with E-state index in [-0.39, 0.29) is 24.1 Å². The highest BCUT2D eigenvalue weighted by molar-refractivity contribution is 5.75. The molecule has 1 aromatic carbocycles. The van der Waals surface area contributed by atoms with E-state index in [9.17, 15) is 19.4 Å². The number of nitrogens with two attached hydrogens (primary N) is 1. The van der Waals surface area contributed by atoms with E-state index in [0.29, 0.717) is 6.29 Å². The fourth-order valence-electron chi connectivity index (χ4n) is 1.40. The second-order valence-electron chi connectivity index (χ2n) is 3.49. The molecular weight excluding hydrogens is 213 g/mol. The molecule has 0 aliphatic carbocycles. The van der Waals surface area contributed by atoms with Crippen molar-refractivity contribution in [2.45, 2.75) is 18.6 Å². The van der Waals surface area contributed by atoms with Gasteiger partial charge in [-0.2, -0.15) is 0 Å². The van der Waals surface area contributed by atoms with E-state index in [1.54, 1.807) is 0 Å². The molecule has 0 heterocycles. The van der Waals surface area contributed by atoms with Crippen molar-refractivity contribution in [1.82, 2.24) is 0 Å². The Labute approximate surface area is 92.5 Å². The van der Waals surface area contributed by atoms with Crippen LogP contribution in [0.3, 0.4) is 0 Å². The summed E-state index contributed by atoms with van der Waals surface area (Å²) in [5.41, 5.74) is 5.37. The summed E-state index contributed by atoms with van der Waals surface area (Å²) in [5.74, 6) is -0.658. The Kier molecular flexibility index (Phi) is 4.54. The van der Waals surface area contributed by atoms with E-state index in [0.717, 1.165) is 6.07 Å². The van der Waals surface area contributed by atoms with Gasteiger partial charge in [-0.1, -0.05) is 0 Å². The van der Waals surface area contributed by atoms with Gasteiger partial charge >= 0.3 is 0 Å². The van der Waals surface area contributed by atoms with Crippen LogP contribution in [0.5, 0.6) is 0 Å². The Morgan fingerprint density at radius 3 is 2.69 bits per heavy atom. The molecule has 0 fully saturated rings. The number of hydrogen-bond acceptors (Lipinski definition) is 4. The third-order valence-corrected chi connectivity index (χ3v) is 2.30. The van der Waals surface area contributed by atoms with Crippen LogP contribution in [-0.4, -0.2) is 29.1 Å². The van der Waals surface area contributed by atoms with Gasteiger partial charge in [-0.3, -0.25) is 4.79 Å². The summed E-state index contributed by atoms with van der Waals surface area (Å²) in [6, 6.07) is 3.60. The third kappa shape index (κ3) is 2.85. The van der Waals surface area contributed by atoms with Crippen molar-refractivity contribution >= 4 is 6.29 Å². The van der Waals surface area contributed by atoms with Crippen molar-refractivity contribution in [2.75, 3.05) is 6.54 Å². The molecule has 0 aliphatic rings. The third-order valence-electron chi connectivity index (χ3n) is 2.30. The number of aliphatic hydroxyl groups excluding tert-OH is 2. The zero-order valence-corrected chi connectivity index (χ0v) is 8.64. The zero-order valence-electron chi connectivity index (χ0n) is 8.64. The second kappa shape index (κ2) is 5.69. The molecule has 0 spiro atoms. The molecule has 4 nitrogen and oxygen atoms in total. The molecule has 0 saturated heterocycles. The van der Waals surface area contributed by atoms with Crippen LogP contribution < -0.4 is 5.73 Å². The average Bonchev–Trinajstić information content (AvgIpc) is 2.29. The van der Waals surface area contributed by atoms with Gasteiger partial charge in [-0.25, -0.2) is 4.39 Å². The minimum absolute atomic E-state index is 0.0921. The molecule has 5 heteroatoms. The molecule has 1 rings (SSSR count). The molecule has 0 saturated carbocycles. The van der Waals surface area contributed by atoms with Crippen LogP contribution in [-0.2, 0) is 0 Å². The van der Waals surface area contributed by atoms with E-state index in [1.165, 1.54) is 12.1 Å². The van der Waals surface area contributed by atoms with Gasteiger partial charge in [-0.15, -0.1) is 0 Å². The van der Waals surface area contributed by atoms with Crippen LogP contribution in [0.1, 0.15) is 28.4 Å². The molecule has 0 aromatic heterocycles. The smallest absolute Gasteiger partial charge is 0.150 e. The number of benzene rings is 1. The van der Waals surface area contributed by atoms with Crippen molar-refractivity contribution in [3.05, 3.63) is 35.1 Å². The summed E-state index contributed by atoms with van der Waals surface area (Å²) in [5, 5.41) is 19.1. The molecular formula is C11H14FNO3. The van der Waals surface area contributed by atoms with Gasteiger partial charge in [0.15, 0.2) is 0 Å². The predicted octanol–water partition coefficient (Wildman–Crippen LogP) is 0.381. The molecule has 1 aromatic rings. The maximum atomic E-state index is 13.3. The monoisotopic (exact) mass is 227 g/mol. The van der Waals surface area contributed by atoms with Crippen molar-refractivity contribution < 1.29 is 19.4 Å². The minimum Gasteiger partial charge on any atom is -0.390 e. The standard InChI is InChI=1S/C11H14FNO3/c12-9-2-1-7(6-14)5-8(9)11(16)10(15)3-4-13/h1-2,5-6,10-11,15-16H,3-4,13H2. The van der Waals surface area contributed by atoms with Crippen LogP contribution in [0.2, 0.25) is 0 Å². The number of rotatable bonds is 5.